The van der Waals surface area contributed by atoms with E-state index in [0.717, 1.165) is 0 Å². The van der Waals surface area contributed by atoms with Gasteiger partial charge in [0.2, 0.25) is 11.8 Å². The molecule has 0 aliphatic carbocycles. The number of benzene rings is 2. The highest BCUT2D eigenvalue weighted by atomic mass is 35.5. The molecule has 3 amide bonds. The van der Waals surface area contributed by atoms with Crippen molar-refractivity contribution in [3.63, 3.8) is 0 Å². The molecule has 3 N–H and O–H groups in total. The molecule has 2 aromatic rings. The molecular weight excluding hydrogens is 564 g/mol. The van der Waals surface area contributed by atoms with Crippen molar-refractivity contribution in [1.29, 1.82) is 0 Å². The van der Waals surface area contributed by atoms with Crippen LogP contribution in [0.15, 0.2) is 30.3 Å². The summed E-state index contributed by atoms with van der Waals surface area (Å²) in [5.74, 6) is -6.81. The molecule has 8 nitrogen and oxygen atoms in total. The van der Waals surface area contributed by atoms with Crippen LogP contribution in [0, 0.1) is 17.8 Å². The molecule has 4 unspecified atom stereocenters. The van der Waals surface area contributed by atoms with E-state index in [1.165, 1.54) is 35.2 Å². The van der Waals surface area contributed by atoms with Gasteiger partial charge >= 0.3 is 5.97 Å². The summed E-state index contributed by atoms with van der Waals surface area (Å²) < 4.78 is 0. The molecule has 2 aromatic carbocycles. The lowest BCUT2D eigenvalue weighted by Crippen LogP contribution is -2.56. The summed E-state index contributed by atoms with van der Waals surface area (Å²) >= 11 is 24.8. The quantitative estimate of drug-likeness (QED) is 0.417. The molecule has 2 aliphatic rings. The number of nitrogens with one attached hydrogen (secondary N) is 2. The number of rotatable bonds is 5. The molecule has 0 saturated carbocycles. The minimum atomic E-state index is -2.06. The average Bonchev–Trinajstić information content (AvgIpc) is 3.27. The zero-order valence-electron chi connectivity index (χ0n) is 19.9. The van der Waals surface area contributed by atoms with Gasteiger partial charge in [-0.15, -0.1) is 0 Å². The van der Waals surface area contributed by atoms with Crippen molar-refractivity contribution >= 4 is 81.5 Å². The number of aliphatic carboxylic acids is 1. The summed E-state index contributed by atoms with van der Waals surface area (Å²) in [7, 11) is 0. The van der Waals surface area contributed by atoms with Crippen molar-refractivity contribution in [2.45, 2.75) is 38.8 Å². The van der Waals surface area contributed by atoms with E-state index < -0.39 is 53.0 Å². The second-order valence-electron chi connectivity index (χ2n) is 9.37. The third-order valence-corrected chi connectivity index (χ3v) is 7.81. The molecule has 1 spiro atoms. The Kier molecular flexibility index (Phi) is 7.42. The lowest BCUT2D eigenvalue weighted by molar-refractivity contribution is -0.155. The number of fused-ring (bicyclic) bond motifs is 2. The van der Waals surface area contributed by atoms with E-state index in [1.54, 1.807) is 20.8 Å². The Morgan fingerprint density at radius 3 is 2.19 bits per heavy atom. The van der Waals surface area contributed by atoms with Crippen molar-refractivity contribution in [2.24, 2.45) is 17.8 Å². The molecule has 0 radical (unpaired) electrons. The maximum atomic E-state index is 13.8. The van der Waals surface area contributed by atoms with Crippen molar-refractivity contribution in [3.8, 4) is 0 Å². The van der Waals surface area contributed by atoms with E-state index in [-0.39, 0.29) is 43.4 Å². The average molecular weight is 587 g/mol. The van der Waals surface area contributed by atoms with E-state index >= 15 is 0 Å². The Morgan fingerprint density at radius 1 is 1.05 bits per heavy atom. The number of halogens is 4. The lowest BCUT2D eigenvalue weighted by Gasteiger charge is -2.39. The van der Waals surface area contributed by atoms with Gasteiger partial charge in [0.25, 0.3) is 5.91 Å². The third kappa shape index (κ3) is 4.34. The summed E-state index contributed by atoms with van der Waals surface area (Å²) in [6, 6.07) is 6.27. The molecule has 1 fully saturated rings. The maximum Gasteiger partial charge on any atom is 0.310 e. The summed E-state index contributed by atoms with van der Waals surface area (Å²) in [6.07, 6.45) is -0.0353. The standard InChI is InChI=1S/C25H23Cl4N3O5/c1-4-17(33)32-21(10(2)3)18(22(34)30-14-6-11(26)5-12(27)7-14)19(23(35)36)25(32)15-8-13(28)9-16(29)20(15)31-24(25)37/h5-10,18-19,21H,4H2,1-3H3,(H,30,34)(H,31,37)(H,35,36). The van der Waals surface area contributed by atoms with Crippen LogP contribution in [0.2, 0.25) is 20.1 Å². The minimum Gasteiger partial charge on any atom is -0.481 e. The number of carbonyl (C=O) groups is 4. The number of likely N-dealkylation sites (tertiary alicyclic amines) is 1. The Morgan fingerprint density at radius 2 is 1.65 bits per heavy atom. The SMILES string of the molecule is CCC(=O)N1C(C(C)C)C(C(=O)Nc2cc(Cl)cc(Cl)c2)C(C(=O)O)C12C(=O)Nc1c(Cl)cc(Cl)cc12. The van der Waals surface area contributed by atoms with E-state index in [0.29, 0.717) is 0 Å². The van der Waals surface area contributed by atoms with Gasteiger partial charge in [-0.05, 0) is 36.2 Å². The Labute approximate surface area is 233 Å². The molecule has 2 heterocycles. The fourth-order valence-corrected chi connectivity index (χ4v) is 6.69. The largest absolute Gasteiger partial charge is 0.481 e. The Bertz CT molecular complexity index is 1310. The normalized spacial score (nSPS) is 24.4. The molecule has 37 heavy (non-hydrogen) atoms. The smallest absolute Gasteiger partial charge is 0.310 e. The number of carboxylic acids is 1. The van der Waals surface area contributed by atoms with Crippen LogP contribution >= 0.6 is 46.4 Å². The predicted octanol–water partition coefficient (Wildman–Crippen LogP) is 5.68. The van der Waals surface area contributed by atoms with Crippen LogP contribution in [0.4, 0.5) is 11.4 Å². The third-order valence-electron chi connectivity index (χ3n) is 6.86. The zero-order chi connectivity index (χ0) is 27.4. The van der Waals surface area contributed by atoms with Gasteiger partial charge < -0.3 is 20.6 Å². The lowest BCUT2D eigenvalue weighted by atomic mass is 9.73. The van der Waals surface area contributed by atoms with Crippen molar-refractivity contribution in [1.82, 2.24) is 4.90 Å². The summed E-state index contributed by atoms with van der Waals surface area (Å²) in [6.45, 7) is 5.12. The monoisotopic (exact) mass is 585 g/mol. The predicted molar refractivity (Wildman–Crippen MR) is 142 cm³/mol. The fourth-order valence-electron chi connectivity index (χ4n) is 5.62. The summed E-state index contributed by atoms with van der Waals surface area (Å²) in [4.78, 5) is 55.4. The molecule has 0 aromatic heterocycles. The highest BCUT2D eigenvalue weighted by molar-refractivity contribution is 6.38. The van der Waals surface area contributed by atoms with Gasteiger partial charge in [-0.3, -0.25) is 19.2 Å². The van der Waals surface area contributed by atoms with Gasteiger partial charge in [0.15, 0.2) is 5.54 Å². The summed E-state index contributed by atoms with van der Waals surface area (Å²) in [5.41, 5.74) is -1.53. The van der Waals surface area contributed by atoms with Crippen LogP contribution in [0.3, 0.4) is 0 Å². The number of nitrogens with zero attached hydrogens (tertiary/aromatic N) is 1. The number of hydrogen-bond acceptors (Lipinski definition) is 4. The molecule has 4 atom stereocenters. The highest BCUT2D eigenvalue weighted by Gasteiger charge is 2.72. The van der Waals surface area contributed by atoms with E-state index in [2.05, 4.69) is 10.6 Å². The summed E-state index contributed by atoms with van der Waals surface area (Å²) in [5, 5.41) is 16.7. The molecule has 2 aliphatic heterocycles. The molecule has 4 rings (SSSR count). The van der Waals surface area contributed by atoms with E-state index in [1.807, 2.05) is 0 Å². The first-order valence-corrected chi connectivity index (χ1v) is 13.0. The van der Waals surface area contributed by atoms with Gasteiger partial charge in [-0.2, -0.15) is 0 Å². The highest BCUT2D eigenvalue weighted by Crippen LogP contribution is 2.58. The van der Waals surface area contributed by atoms with Gasteiger partial charge in [-0.1, -0.05) is 67.2 Å². The van der Waals surface area contributed by atoms with Crippen LogP contribution in [-0.4, -0.2) is 39.7 Å². The molecular formula is C25H23Cl4N3O5. The second-order valence-corrected chi connectivity index (χ2v) is 11.1. The number of carbonyl (C=O) groups excluding carboxylic acids is 3. The van der Waals surface area contributed by atoms with Gasteiger partial charge in [0.1, 0.15) is 5.92 Å². The van der Waals surface area contributed by atoms with E-state index in [9.17, 15) is 24.3 Å². The minimum absolute atomic E-state index is 0.0353. The maximum absolute atomic E-state index is 13.8. The first-order chi connectivity index (χ1) is 17.3. The van der Waals surface area contributed by atoms with Crippen molar-refractivity contribution < 1.29 is 24.3 Å². The van der Waals surface area contributed by atoms with Crippen LogP contribution in [0.5, 0.6) is 0 Å². The van der Waals surface area contributed by atoms with Crippen molar-refractivity contribution in [2.75, 3.05) is 10.6 Å². The fraction of sp³-hybridized carbons (Fsp3) is 0.360. The van der Waals surface area contributed by atoms with Crippen LogP contribution in [0.25, 0.3) is 0 Å². The van der Waals surface area contributed by atoms with E-state index in [4.69, 9.17) is 46.4 Å². The second kappa shape index (κ2) is 9.98. The number of anilines is 2. The first kappa shape index (κ1) is 27.5. The van der Waals surface area contributed by atoms with Gasteiger partial charge in [0.05, 0.1) is 16.6 Å². The van der Waals surface area contributed by atoms with Gasteiger partial charge in [-0.25, -0.2) is 0 Å². The Hall–Kier alpha value is -2.52. The number of hydrogen-bond donors (Lipinski definition) is 3. The number of carboxylic acid groups (broad SMARTS) is 1. The van der Waals surface area contributed by atoms with Gasteiger partial charge in [0, 0.05) is 38.8 Å². The molecule has 1 saturated heterocycles. The van der Waals surface area contributed by atoms with Crippen LogP contribution < -0.4 is 10.6 Å². The van der Waals surface area contributed by atoms with Crippen LogP contribution in [-0.2, 0) is 24.7 Å². The molecule has 12 heteroatoms. The molecule has 196 valence electrons. The first-order valence-electron chi connectivity index (χ1n) is 11.5. The van der Waals surface area contributed by atoms with Crippen molar-refractivity contribution in [3.05, 3.63) is 56.0 Å². The topological polar surface area (TPSA) is 116 Å². The zero-order valence-corrected chi connectivity index (χ0v) is 23.0. The van der Waals surface area contributed by atoms with Crippen LogP contribution in [0.1, 0.15) is 32.8 Å². The molecule has 0 bridgehead atoms. The number of amides is 3. The Balaban J connectivity index is 1.99.